The third kappa shape index (κ3) is 3.85. The van der Waals surface area contributed by atoms with Gasteiger partial charge >= 0.3 is 0 Å². The highest BCUT2D eigenvalue weighted by Gasteiger charge is 2.10. The van der Waals surface area contributed by atoms with Gasteiger partial charge in [0.25, 0.3) is 5.91 Å². The second-order valence-corrected chi connectivity index (χ2v) is 4.65. The van der Waals surface area contributed by atoms with E-state index < -0.39 is 0 Å². The summed E-state index contributed by atoms with van der Waals surface area (Å²) in [6.45, 7) is 2.83. The molecule has 2 aromatic carbocycles. The maximum atomic E-state index is 12.2. The van der Waals surface area contributed by atoms with Gasteiger partial charge in [-0.3, -0.25) is 4.79 Å². The molecule has 3 nitrogen and oxygen atoms in total. The average molecular weight is 268 g/mol. The number of rotatable bonds is 6. The molecule has 0 atom stereocenters. The third-order valence-electron chi connectivity index (χ3n) is 3.04. The quantitative estimate of drug-likeness (QED) is 0.779. The molecule has 0 fully saturated rings. The van der Waals surface area contributed by atoms with Crippen LogP contribution in [0.15, 0.2) is 54.6 Å². The Morgan fingerprint density at radius 3 is 2.45 bits per heavy atom. The lowest BCUT2D eigenvalue weighted by Crippen LogP contribution is -2.25. The van der Waals surface area contributed by atoms with Crippen molar-refractivity contribution < 1.29 is 4.79 Å². The summed E-state index contributed by atoms with van der Waals surface area (Å²) in [5.41, 5.74) is 2.47. The van der Waals surface area contributed by atoms with Crippen LogP contribution in [0.5, 0.6) is 0 Å². The summed E-state index contributed by atoms with van der Waals surface area (Å²) in [6.07, 6.45) is 2.07. The average Bonchev–Trinajstić information content (AvgIpc) is 2.49. The van der Waals surface area contributed by atoms with Crippen molar-refractivity contribution in [2.24, 2.45) is 0 Å². The van der Waals surface area contributed by atoms with Gasteiger partial charge in [0.15, 0.2) is 0 Å². The molecule has 20 heavy (non-hydrogen) atoms. The van der Waals surface area contributed by atoms with Crippen molar-refractivity contribution >= 4 is 17.3 Å². The first-order chi connectivity index (χ1) is 9.81. The van der Waals surface area contributed by atoms with Crippen molar-refractivity contribution in [1.82, 2.24) is 5.32 Å². The molecule has 0 aromatic heterocycles. The topological polar surface area (TPSA) is 41.1 Å². The van der Waals surface area contributed by atoms with Crippen LogP contribution in [0.1, 0.15) is 30.1 Å². The normalized spacial score (nSPS) is 10.1. The summed E-state index contributed by atoms with van der Waals surface area (Å²) in [5, 5.41) is 6.23. The largest absolute Gasteiger partial charge is 0.355 e. The maximum absolute atomic E-state index is 12.2. The lowest BCUT2D eigenvalue weighted by Gasteiger charge is -2.12. The van der Waals surface area contributed by atoms with E-state index in [0.29, 0.717) is 5.56 Å². The minimum absolute atomic E-state index is 0.0301. The van der Waals surface area contributed by atoms with Crippen LogP contribution in [0.25, 0.3) is 0 Å². The summed E-state index contributed by atoms with van der Waals surface area (Å²) < 4.78 is 0. The standard InChI is InChI=1S/C17H20N2O/c1-2-3-13-18-17(20)15-11-7-8-12-16(15)19-14-9-5-4-6-10-14/h4-12,19H,2-3,13H2,1H3,(H,18,20). The number of nitrogens with one attached hydrogen (secondary N) is 2. The smallest absolute Gasteiger partial charge is 0.253 e. The number of para-hydroxylation sites is 2. The summed E-state index contributed by atoms with van der Waals surface area (Å²) in [4.78, 5) is 12.2. The highest BCUT2D eigenvalue weighted by Crippen LogP contribution is 2.20. The van der Waals surface area contributed by atoms with Crippen LogP contribution in [0.3, 0.4) is 0 Å². The van der Waals surface area contributed by atoms with Gasteiger partial charge in [-0.2, -0.15) is 0 Å². The second kappa shape index (κ2) is 7.34. The van der Waals surface area contributed by atoms with Crippen LogP contribution in [0.2, 0.25) is 0 Å². The molecule has 0 unspecified atom stereocenters. The van der Waals surface area contributed by atoms with Crippen LogP contribution in [-0.4, -0.2) is 12.5 Å². The number of unbranched alkanes of at least 4 members (excludes halogenated alkanes) is 1. The Balaban J connectivity index is 2.11. The van der Waals surface area contributed by atoms with E-state index in [0.717, 1.165) is 30.8 Å². The molecular weight excluding hydrogens is 248 g/mol. The van der Waals surface area contributed by atoms with Crippen molar-refractivity contribution in [3.05, 3.63) is 60.2 Å². The van der Waals surface area contributed by atoms with Crippen molar-refractivity contribution in [3.8, 4) is 0 Å². The molecule has 0 heterocycles. The maximum Gasteiger partial charge on any atom is 0.253 e. The van der Waals surface area contributed by atoms with E-state index in [1.807, 2.05) is 54.6 Å². The van der Waals surface area contributed by atoms with E-state index in [9.17, 15) is 4.79 Å². The zero-order chi connectivity index (χ0) is 14.2. The molecule has 0 saturated carbocycles. The Labute approximate surface area is 120 Å². The van der Waals surface area contributed by atoms with Crippen LogP contribution in [0, 0.1) is 0 Å². The number of hydrogen-bond acceptors (Lipinski definition) is 2. The lowest BCUT2D eigenvalue weighted by molar-refractivity contribution is 0.0954. The first kappa shape index (κ1) is 14.1. The molecule has 0 saturated heterocycles. The highest BCUT2D eigenvalue weighted by atomic mass is 16.1. The zero-order valence-electron chi connectivity index (χ0n) is 11.7. The van der Waals surface area contributed by atoms with Gasteiger partial charge in [-0.05, 0) is 30.7 Å². The van der Waals surface area contributed by atoms with E-state index in [2.05, 4.69) is 17.6 Å². The fourth-order valence-electron chi connectivity index (χ4n) is 1.94. The first-order valence-corrected chi connectivity index (χ1v) is 7.00. The third-order valence-corrected chi connectivity index (χ3v) is 3.04. The Hall–Kier alpha value is -2.29. The number of hydrogen-bond donors (Lipinski definition) is 2. The molecular formula is C17H20N2O. The predicted molar refractivity (Wildman–Crippen MR) is 83.4 cm³/mol. The minimum Gasteiger partial charge on any atom is -0.355 e. The summed E-state index contributed by atoms with van der Waals surface area (Å²) in [5.74, 6) is -0.0301. The van der Waals surface area contributed by atoms with E-state index in [1.54, 1.807) is 0 Å². The lowest BCUT2D eigenvalue weighted by atomic mass is 10.1. The molecule has 2 aromatic rings. The number of carbonyl (C=O) groups excluding carboxylic acids is 1. The summed E-state index contributed by atoms with van der Waals surface area (Å²) >= 11 is 0. The molecule has 2 N–H and O–H groups in total. The molecule has 0 aliphatic heterocycles. The van der Waals surface area contributed by atoms with Gasteiger partial charge in [0.05, 0.1) is 11.3 Å². The van der Waals surface area contributed by atoms with Crippen molar-refractivity contribution in [2.45, 2.75) is 19.8 Å². The van der Waals surface area contributed by atoms with Crippen LogP contribution >= 0.6 is 0 Å². The SMILES string of the molecule is CCCCNC(=O)c1ccccc1Nc1ccccc1. The number of carbonyl (C=O) groups is 1. The van der Waals surface area contributed by atoms with E-state index in [-0.39, 0.29) is 5.91 Å². The Morgan fingerprint density at radius 1 is 1.00 bits per heavy atom. The molecule has 1 amide bonds. The zero-order valence-corrected chi connectivity index (χ0v) is 11.7. The van der Waals surface area contributed by atoms with E-state index >= 15 is 0 Å². The van der Waals surface area contributed by atoms with Gasteiger partial charge in [-0.25, -0.2) is 0 Å². The van der Waals surface area contributed by atoms with Gasteiger partial charge in [0.1, 0.15) is 0 Å². The van der Waals surface area contributed by atoms with Gasteiger partial charge in [0, 0.05) is 12.2 Å². The predicted octanol–water partition coefficient (Wildman–Crippen LogP) is 3.96. The van der Waals surface area contributed by atoms with Gasteiger partial charge in [-0.1, -0.05) is 43.7 Å². The Morgan fingerprint density at radius 2 is 1.70 bits per heavy atom. The van der Waals surface area contributed by atoms with Crippen LogP contribution in [0.4, 0.5) is 11.4 Å². The number of benzene rings is 2. The summed E-state index contributed by atoms with van der Waals surface area (Å²) in [7, 11) is 0. The number of amides is 1. The molecule has 0 aliphatic rings. The highest BCUT2D eigenvalue weighted by molar-refractivity contribution is 6.00. The molecule has 104 valence electrons. The van der Waals surface area contributed by atoms with Gasteiger partial charge < -0.3 is 10.6 Å². The van der Waals surface area contributed by atoms with Crippen LogP contribution in [-0.2, 0) is 0 Å². The molecule has 3 heteroatoms. The van der Waals surface area contributed by atoms with Crippen molar-refractivity contribution in [2.75, 3.05) is 11.9 Å². The molecule has 0 bridgehead atoms. The van der Waals surface area contributed by atoms with Gasteiger partial charge in [-0.15, -0.1) is 0 Å². The second-order valence-electron chi connectivity index (χ2n) is 4.65. The molecule has 0 aliphatic carbocycles. The molecule has 0 radical (unpaired) electrons. The molecule has 2 rings (SSSR count). The monoisotopic (exact) mass is 268 g/mol. The first-order valence-electron chi connectivity index (χ1n) is 7.00. The number of anilines is 2. The minimum atomic E-state index is -0.0301. The Bertz CT molecular complexity index is 552. The van der Waals surface area contributed by atoms with Crippen LogP contribution < -0.4 is 10.6 Å². The van der Waals surface area contributed by atoms with Crippen molar-refractivity contribution in [1.29, 1.82) is 0 Å². The Kier molecular flexibility index (Phi) is 5.18. The molecule has 0 spiro atoms. The van der Waals surface area contributed by atoms with E-state index in [1.165, 1.54) is 0 Å². The van der Waals surface area contributed by atoms with Gasteiger partial charge in [0.2, 0.25) is 0 Å². The van der Waals surface area contributed by atoms with Crippen molar-refractivity contribution in [3.63, 3.8) is 0 Å². The summed E-state index contributed by atoms with van der Waals surface area (Å²) in [6, 6.07) is 17.4. The fraction of sp³-hybridized carbons (Fsp3) is 0.235. The fourth-order valence-corrected chi connectivity index (χ4v) is 1.94. The van der Waals surface area contributed by atoms with E-state index in [4.69, 9.17) is 0 Å².